The van der Waals surface area contributed by atoms with E-state index in [-0.39, 0.29) is 0 Å². The van der Waals surface area contributed by atoms with Gasteiger partial charge in [-0.15, -0.1) is 0 Å². The van der Waals surface area contributed by atoms with Gasteiger partial charge in [-0.2, -0.15) is 0 Å². The van der Waals surface area contributed by atoms with E-state index < -0.39 is 0 Å². The second kappa shape index (κ2) is 7.23. The Morgan fingerprint density at radius 3 is 2.48 bits per heavy atom. The third-order valence-electron chi connectivity index (χ3n) is 3.64. The number of para-hydroxylation sites is 1. The molecule has 112 valence electrons. The first kappa shape index (κ1) is 15.5. The van der Waals surface area contributed by atoms with E-state index in [2.05, 4.69) is 37.1 Å². The second-order valence-corrected chi connectivity index (χ2v) is 5.46. The van der Waals surface area contributed by atoms with Gasteiger partial charge in [0.1, 0.15) is 11.5 Å². The summed E-state index contributed by atoms with van der Waals surface area (Å²) in [4.78, 5) is 4.50. The van der Waals surface area contributed by atoms with Gasteiger partial charge in [-0.3, -0.25) is 4.98 Å². The van der Waals surface area contributed by atoms with Crippen LogP contribution >= 0.6 is 0 Å². The average molecular weight is 284 g/mol. The third-order valence-corrected chi connectivity index (χ3v) is 3.64. The molecule has 2 rings (SSSR count). The van der Waals surface area contributed by atoms with Crippen molar-refractivity contribution in [3.05, 3.63) is 53.9 Å². The Balaban J connectivity index is 2.17. The maximum atomic E-state index is 5.99. The highest BCUT2D eigenvalue weighted by molar-refractivity contribution is 5.39. The van der Waals surface area contributed by atoms with Crippen LogP contribution in [0.5, 0.6) is 11.5 Å². The Bertz CT molecular complexity index is 560. The van der Waals surface area contributed by atoms with Crippen LogP contribution in [0, 0.1) is 0 Å². The lowest BCUT2D eigenvalue weighted by Crippen LogP contribution is -2.16. The lowest BCUT2D eigenvalue weighted by molar-refractivity contribution is 0.468. The Labute approximate surface area is 127 Å². The molecular formula is C18H24N2O. The first-order valence-corrected chi connectivity index (χ1v) is 7.55. The Morgan fingerprint density at radius 1 is 1.14 bits per heavy atom. The third kappa shape index (κ3) is 3.82. The van der Waals surface area contributed by atoms with Crippen molar-refractivity contribution in [2.45, 2.75) is 39.2 Å². The van der Waals surface area contributed by atoms with E-state index >= 15 is 0 Å². The van der Waals surface area contributed by atoms with E-state index in [0.29, 0.717) is 12.0 Å². The number of benzene rings is 1. The summed E-state index contributed by atoms with van der Waals surface area (Å²) >= 11 is 0. The molecule has 1 atom stereocenters. The van der Waals surface area contributed by atoms with Gasteiger partial charge in [0.15, 0.2) is 0 Å². The molecule has 1 unspecified atom stereocenters. The van der Waals surface area contributed by atoms with Crippen LogP contribution in [0.2, 0.25) is 0 Å². The first-order chi connectivity index (χ1) is 10.2. The first-order valence-electron chi connectivity index (χ1n) is 7.55. The highest BCUT2D eigenvalue weighted by Crippen LogP contribution is 2.30. The van der Waals surface area contributed by atoms with E-state index in [4.69, 9.17) is 4.74 Å². The number of pyridine rings is 1. The number of hydrogen-bond donors (Lipinski definition) is 1. The standard InChI is InChI=1S/C18H24N2O/c1-5-16(19-4)17-11-10-14(12-20-17)21-18-9-7-6-8-15(18)13(2)3/h6-13,16,19H,5H2,1-4H3. The van der Waals surface area contributed by atoms with Crippen LogP contribution in [0.1, 0.15) is 50.4 Å². The van der Waals surface area contributed by atoms with Gasteiger partial charge in [-0.05, 0) is 43.1 Å². The van der Waals surface area contributed by atoms with E-state index in [1.54, 1.807) is 6.20 Å². The van der Waals surface area contributed by atoms with Gasteiger partial charge >= 0.3 is 0 Å². The summed E-state index contributed by atoms with van der Waals surface area (Å²) in [7, 11) is 1.96. The smallest absolute Gasteiger partial charge is 0.145 e. The fourth-order valence-electron chi connectivity index (χ4n) is 2.40. The molecule has 21 heavy (non-hydrogen) atoms. The molecule has 1 aromatic heterocycles. The lowest BCUT2D eigenvalue weighted by atomic mass is 10.0. The zero-order valence-corrected chi connectivity index (χ0v) is 13.3. The minimum Gasteiger partial charge on any atom is -0.455 e. The van der Waals surface area contributed by atoms with Gasteiger partial charge < -0.3 is 10.1 Å². The van der Waals surface area contributed by atoms with E-state index in [1.807, 2.05) is 37.4 Å². The minimum absolute atomic E-state index is 0.294. The minimum atomic E-state index is 0.294. The highest BCUT2D eigenvalue weighted by Gasteiger charge is 2.10. The Hall–Kier alpha value is -1.87. The number of rotatable bonds is 6. The molecule has 0 aliphatic rings. The predicted octanol–water partition coefficient (Wildman–Crippen LogP) is 4.67. The van der Waals surface area contributed by atoms with E-state index in [9.17, 15) is 0 Å². The monoisotopic (exact) mass is 284 g/mol. The van der Waals surface area contributed by atoms with Crippen LogP contribution in [0.15, 0.2) is 42.6 Å². The molecular weight excluding hydrogens is 260 g/mol. The van der Waals surface area contributed by atoms with Gasteiger partial charge in [0.2, 0.25) is 0 Å². The lowest BCUT2D eigenvalue weighted by Gasteiger charge is -2.15. The summed E-state index contributed by atoms with van der Waals surface area (Å²) in [6, 6.07) is 12.5. The number of aromatic nitrogens is 1. The summed E-state index contributed by atoms with van der Waals surface area (Å²) in [5.41, 5.74) is 2.26. The number of nitrogens with zero attached hydrogens (tertiary/aromatic N) is 1. The van der Waals surface area contributed by atoms with Crippen LogP contribution in [-0.4, -0.2) is 12.0 Å². The zero-order valence-electron chi connectivity index (χ0n) is 13.3. The predicted molar refractivity (Wildman–Crippen MR) is 86.9 cm³/mol. The summed E-state index contributed by atoms with van der Waals surface area (Å²) in [5, 5.41) is 3.26. The van der Waals surface area contributed by atoms with Gasteiger partial charge in [-0.25, -0.2) is 0 Å². The van der Waals surface area contributed by atoms with Crippen LogP contribution in [0.4, 0.5) is 0 Å². The van der Waals surface area contributed by atoms with Gasteiger partial charge in [0, 0.05) is 6.04 Å². The molecule has 0 radical (unpaired) electrons. The SMILES string of the molecule is CCC(NC)c1ccc(Oc2ccccc2C(C)C)cn1. The molecule has 0 saturated carbocycles. The topological polar surface area (TPSA) is 34.1 Å². The molecule has 0 amide bonds. The Kier molecular flexibility index (Phi) is 5.34. The fraction of sp³-hybridized carbons (Fsp3) is 0.389. The highest BCUT2D eigenvalue weighted by atomic mass is 16.5. The van der Waals surface area contributed by atoms with Crippen molar-refractivity contribution in [1.29, 1.82) is 0 Å². The van der Waals surface area contributed by atoms with Crippen molar-refractivity contribution < 1.29 is 4.74 Å². The van der Waals surface area contributed by atoms with Crippen molar-refractivity contribution in [3.8, 4) is 11.5 Å². The van der Waals surface area contributed by atoms with Crippen molar-refractivity contribution in [3.63, 3.8) is 0 Å². The second-order valence-electron chi connectivity index (χ2n) is 5.46. The van der Waals surface area contributed by atoms with Crippen molar-refractivity contribution in [2.75, 3.05) is 7.05 Å². The van der Waals surface area contributed by atoms with Crippen LogP contribution in [0.3, 0.4) is 0 Å². The molecule has 0 saturated heterocycles. The zero-order chi connectivity index (χ0) is 15.2. The van der Waals surface area contributed by atoms with Crippen molar-refractivity contribution >= 4 is 0 Å². The van der Waals surface area contributed by atoms with Crippen LogP contribution in [-0.2, 0) is 0 Å². The summed E-state index contributed by atoms with van der Waals surface area (Å²) in [6.45, 7) is 6.48. The van der Waals surface area contributed by atoms with Crippen molar-refractivity contribution in [1.82, 2.24) is 10.3 Å². The maximum Gasteiger partial charge on any atom is 0.145 e. The number of ether oxygens (including phenoxy) is 1. The molecule has 1 N–H and O–H groups in total. The Morgan fingerprint density at radius 2 is 1.90 bits per heavy atom. The molecule has 0 spiro atoms. The van der Waals surface area contributed by atoms with Gasteiger partial charge in [-0.1, -0.05) is 39.0 Å². The molecule has 0 aliphatic carbocycles. The normalized spacial score (nSPS) is 12.4. The molecule has 0 aliphatic heterocycles. The molecule has 1 aromatic carbocycles. The van der Waals surface area contributed by atoms with Gasteiger partial charge in [0.05, 0.1) is 11.9 Å². The van der Waals surface area contributed by atoms with E-state index in [1.165, 1.54) is 5.56 Å². The average Bonchev–Trinajstić information content (AvgIpc) is 2.50. The van der Waals surface area contributed by atoms with Gasteiger partial charge in [0.25, 0.3) is 0 Å². The molecule has 0 fully saturated rings. The number of hydrogen-bond acceptors (Lipinski definition) is 3. The number of nitrogens with one attached hydrogen (secondary N) is 1. The molecule has 3 nitrogen and oxygen atoms in total. The molecule has 1 heterocycles. The van der Waals surface area contributed by atoms with Crippen LogP contribution < -0.4 is 10.1 Å². The largest absolute Gasteiger partial charge is 0.455 e. The van der Waals surface area contributed by atoms with Crippen LogP contribution in [0.25, 0.3) is 0 Å². The maximum absolute atomic E-state index is 5.99. The molecule has 3 heteroatoms. The summed E-state index contributed by atoms with van der Waals surface area (Å²) < 4.78 is 5.99. The van der Waals surface area contributed by atoms with E-state index in [0.717, 1.165) is 23.6 Å². The quantitative estimate of drug-likeness (QED) is 0.837. The summed E-state index contributed by atoms with van der Waals surface area (Å²) in [5.74, 6) is 2.11. The summed E-state index contributed by atoms with van der Waals surface area (Å²) in [6.07, 6.45) is 2.81. The molecule has 2 aromatic rings. The van der Waals surface area contributed by atoms with Crippen molar-refractivity contribution in [2.24, 2.45) is 0 Å². The molecule has 0 bridgehead atoms. The fourth-order valence-corrected chi connectivity index (χ4v) is 2.40.